The van der Waals surface area contributed by atoms with E-state index in [-0.39, 0.29) is 11.1 Å². The molecule has 0 fully saturated rings. The minimum absolute atomic E-state index is 0.0783. The van der Waals surface area contributed by atoms with Crippen molar-refractivity contribution in [2.45, 2.75) is 0 Å². The molecule has 3 heterocycles. The van der Waals surface area contributed by atoms with E-state index in [4.69, 9.17) is 0 Å². The van der Waals surface area contributed by atoms with E-state index < -0.39 is 0 Å². The fourth-order valence-electron chi connectivity index (χ4n) is 2.74. The second kappa shape index (κ2) is 4.46. The number of benzene rings is 1. The third kappa shape index (κ3) is 1.79. The number of aryl methyl sites for hydroxylation is 1. The lowest BCUT2D eigenvalue weighted by atomic mass is 10.1. The molecule has 2 N–H and O–H groups in total. The first kappa shape index (κ1) is 12.6. The number of hydrogen-bond donors (Lipinski definition) is 2. The van der Waals surface area contributed by atoms with Gasteiger partial charge in [-0.05, 0) is 29.7 Å². The number of pyridine rings is 2. The number of rotatable bonds is 1. The second-order valence-electron chi connectivity index (χ2n) is 5.31. The lowest BCUT2D eigenvalue weighted by Crippen LogP contribution is -2.14. The highest BCUT2D eigenvalue weighted by molar-refractivity contribution is 5.87. The number of H-pyrrole nitrogens is 2. The molecule has 22 heavy (non-hydrogen) atoms. The van der Waals surface area contributed by atoms with E-state index in [1.807, 2.05) is 36.4 Å². The predicted octanol–water partition coefficient (Wildman–Crippen LogP) is 2.38. The van der Waals surface area contributed by atoms with Crippen molar-refractivity contribution in [3.8, 4) is 11.3 Å². The zero-order valence-electron chi connectivity index (χ0n) is 11.9. The summed E-state index contributed by atoms with van der Waals surface area (Å²) in [5.41, 5.74) is 3.42. The Morgan fingerprint density at radius 2 is 1.73 bits per heavy atom. The summed E-state index contributed by atoms with van der Waals surface area (Å²) in [4.78, 5) is 30.1. The minimum Gasteiger partial charge on any atom is -0.353 e. The summed E-state index contributed by atoms with van der Waals surface area (Å²) >= 11 is 0. The molecule has 1 aromatic carbocycles. The van der Waals surface area contributed by atoms with Gasteiger partial charge in [0.1, 0.15) is 0 Å². The van der Waals surface area contributed by atoms with Gasteiger partial charge in [0.15, 0.2) is 0 Å². The van der Waals surface area contributed by atoms with Crippen molar-refractivity contribution in [2.24, 2.45) is 7.05 Å². The Labute approximate surface area is 124 Å². The van der Waals surface area contributed by atoms with Gasteiger partial charge in [-0.1, -0.05) is 18.2 Å². The molecule has 108 valence electrons. The molecular weight excluding hydrogens is 278 g/mol. The largest absolute Gasteiger partial charge is 0.353 e. The van der Waals surface area contributed by atoms with Crippen LogP contribution in [0.2, 0.25) is 0 Å². The number of aromatic nitrogens is 3. The highest BCUT2D eigenvalue weighted by atomic mass is 16.1. The molecule has 3 aromatic heterocycles. The van der Waals surface area contributed by atoms with Crippen LogP contribution in [0.4, 0.5) is 0 Å². The normalized spacial score (nSPS) is 11.3. The maximum absolute atomic E-state index is 12.3. The average Bonchev–Trinajstić information content (AvgIpc) is 2.95. The number of hydrogen-bond acceptors (Lipinski definition) is 2. The Hall–Kier alpha value is -3.08. The van der Waals surface area contributed by atoms with E-state index in [1.165, 1.54) is 6.07 Å². The van der Waals surface area contributed by atoms with Crippen LogP contribution in [-0.2, 0) is 7.05 Å². The van der Waals surface area contributed by atoms with E-state index in [1.54, 1.807) is 17.7 Å². The van der Waals surface area contributed by atoms with Crippen molar-refractivity contribution < 1.29 is 0 Å². The topological polar surface area (TPSA) is 70.7 Å². The highest BCUT2D eigenvalue weighted by Gasteiger charge is 2.10. The van der Waals surface area contributed by atoms with Gasteiger partial charge in [0, 0.05) is 18.6 Å². The van der Waals surface area contributed by atoms with Crippen LogP contribution in [0.25, 0.3) is 33.2 Å². The van der Waals surface area contributed by atoms with Crippen molar-refractivity contribution >= 4 is 21.9 Å². The molecule has 0 bridgehead atoms. The molecule has 5 nitrogen and oxygen atoms in total. The summed E-state index contributed by atoms with van der Waals surface area (Å²) in [6, 6.07) is 14.6. The van der Waals surface area contributed by atoms with Crippen molar-refractivity contribution in [1.29, 1.82) is 0 Å². The summed E-state index contributed by atoms with van der Waals surface area (Å²) in [5, 5.41) is 0.963. The monoisotopic (exact) mass is 291 g/mol. The van der Waals surface area contributed by atoms with Crippen LogP contribution in [0, 0.1) is 0 Å². The van der Waals surface area contributed by atoms with E-state index in [9.17, 15) is 9.59 Å². The number of para-hydroxylation sites is 1. The molecule has 0 saturated carbocycles. The van der Waals surface area contributed by atoms with Crippen LogP contribution in [0.1, 0.15) is 0 Å². The number of nitrogens with zero attached hydrogens (tertiary/aromatic N) is 1. The molecule has 5 heteroatoms. The average molecular weight is 291 g/mol. The molecule has 0 aliphatic rings. The molecule has 0 unspecified atom stereocenters. The Morgan fingerprint density at radius 3 is 2.59 bits per heavy atom. The second-order valence-corrected chi connectivity index (χ2v) is 5.31. The zero-order chi connectivity index (χ0) is 15.3. The third-order valence-corrected chi connectivity index (χ3v) is 3.95. The van der Waals surface area contributed by atoms with Gasteiger partial charge >= 0.3 is 0 Å². The van der Waals surface area contributed by atoms with Gasteiger partial charge < -0.3 is 14.5 Å². The Kier molecular flexibility index (Phi) is 2.56. The van der Waals surface area contributed by atoms with Crippen LogP contribution in [-0.4, -0.2) is 14.5 Å². The molecule has 0 spiro atoms. The van der Waals surface area contributed by atoms with Gasteiger partial charge in [-0.2, -0.15) is 0 Å². The molecule has 0 atom stereocenters. The minimum atomic E-state index is -0.157. The Bertz CT molecular complexity index is 1130. The van der Waals surface area contributed by atoms with Crippen molar-refractivity contribution in [3.63, 3.8) is 0 Å². The van der Waals surface area contributed by atoms with E-state index in [0.29, 0.717) is 11.3 Å². The molecule has 0 aliphatic heterocycles. The predicted molar refractivity (Wildman–Crippen MR) is 87.1 cm³/mol. The molecule has 0 saturated heterocycles. The number of nitrogens with one attached hydrogen (secondary N) is 2. The molecule has 0 amide bonds. The van der Waals surface area contributed by atoms with E-state index in [0.717, 1.165) is 21.9 Å². The van der Waals surface area contributed by atoms with Crippen molar-refractivity contribution in [1.82, 2.24) is 14.5 Å². The number of aromatic amines is 2. The lowest BCUT2D eigenvalue weighted by Gasteiger charge is -2.01. The van der Waals surface area contributed by atoms with Gasteiger partial charge in [-0.25, -0.2) is 0 Å². The van der Waals surface area contributed by atoms with Crippen LogP contribution < -0.4 is 11.1 Å². The third-order valence-electron chi connectivity index (χ3n) is 3.95. The fraction of sp³-hybridized carbons (Fsp3) is 0.0588. The summed E-state index contributed by atoms with van der Waals surface area (Å²) in [6.45, 7) is 0. The number of fused-ring (bicyclic) bond motifs is 2. The summed E-state index contributed by atoms with van der Waals surface area (Å²) in [6.07, 6.45) is 0. The summed E-state index contributed by atoms with van der Waals surface area (Å²) in [7, 11) is 1.72. The van der Waals surface area contributed by atoms with Crippen molar-refractivity contribution in [2.75, 3.05) is 0 Å². The highest BCUT2D eigenvalue weighted by Crippen LogP contribution is 2.22. The van der Waals surface area contributed by atoms with Gasteiger partial charge in [0.05, 0.1) is 22.3 Å². The molecular formula is C17H13N3O2. The standard InChI is InChI=1S/C17H13N3O2/c1-20-15-9-14(18-13(15)6-7-16(20)21)11-8-10-4-2-3-5-12(10)19-17(11)22/h2-9,18H,1H3,(H,19,22). The van der Waals surface area contributed by atoms with Gasteiger partial charge in [-0.15, -0.1) is 0 Å². The SMILES string of the molecule is Cn1c(=O)ccc2[nH]c(-c3cc4ccccc4[nH]c3=O)cc21. The van der Waals surface area contributed by atoms with Crippen LogP contribution in [0.15, 0.2) is 58.1 Å². The summed E-state index contributed by atoms with van der Waals surface area (Å²) in [5.74, 6) is 0. The first-order chi connectivity index (χ1) is 10.6. The van der Waals surface area contributed by atoms with Crippen LogP contribution in [0.3, 0.4) is 0 Å². The fourth-order valence-corrected chi connectivity index (χ4v) is 2.74. The summed E-state index contributed by atoms with van der Waals surface area (Å²) < 4.78 is 1.56. The quantitative estimate of drug-likeness (QED) is 0.565. The maximum atomic E-state index is 12.3. The first-order valence-corrected chi connectivity index (χ1v) is 6.95. The Balaban J connectivity index is 2.02. The lowest BCUT2D eigenvalue weighted by molar-refractivity contribution is 0.907. The smallest absolute Gasteiger partial charge is 0.257 e. The molecule has 4 rings (SSSR count). The van der Waals surface area contributed by atoms with Gasteiger partial charge in [0.2, 0.25) is 0 Å². The van der Waals surface area contributed by atoms with E-state index >= 15 is 0 Å². The van der Waals surface area contributed by atoms with E-state index in [2.05, 4.69) is 9.97 Å². The van der Waals surface area contributed by atoms with Gasteiger partial charge in [-0.3, -0.25) is 9.59 Å². The first-order valence-electron chi connectivity index (χ1n) is 6.95. The zero-order valence-corrected chi connectivity index (χ0v) is 11.9. The molecule has 0 aliphatic carbocycles. The van der Waals surface area contributed by atoms with Gasteiger partial charge in [0.25, 0.3) is 11.1 Å². The molecule has 0 radical (unpaired) electrons. The maximum Gasteiger partial charge on any atom is 0.257 e. The van der Waals surface area contributed by atoms with Crippen LogP contribution in [0.5, 0.6) is 0 Å². The Morgan fingerprint density at radius 1 is 0.909 bits per heavy atom. The van der Waals surface area contributed by atoms with Crippen LogP contribution >= 0.6 is 0 Å². The van der Waals surface area contributed by atoms with Crippen molar-refractivity contribution in [3.05, 3.63) is 69.2 Å². The molecule has 4 aromatic rings.